The fraction of sp³-hybridized carbons (Fsp3) is 0.625. The number of nitrogens with one attached hydrogen (secondary N) is 1. The van der Waals surface area contributed by atoms with E-state index in [9.17, 15) is 0 Å². The van der Waals surface area contributed by atoms with Crippen LogP contribution in [0.25, 0.3) is 0 Å². The van der Waals surface area contributed by atoms with Gasteiger partial charge in [0.15, 0.2) is 0 Å². The molecule has 1 saturated carbocycles. The molecule has 1 fully saturated rings. The molecule has 0 aliphatic heterocycles. The number of hydrogen-bond acceptors (Lipinski definition) is 2. The van der Waals surface area contributed by atoms with Crippen LogP contribution in [0.15, 0.2) is 18.2 Å². The van der Waals surface area contributed by atoms with Gasteiger partial charge in [0.2, 0.25) is 0 Å². The van der Waals surface area contributed by atoms with Crippen LogP contribution in [0.4, 0.5) is 0 Å². The molecule has 0 spiro atoms. The molecule has 0 saturated heterocycles. The first-order valence-electron chi connectivity index (χ1n) is 7.29. The van der Waals surface area contributed by atoms with Crippen molar-refractivity contribution in [3.05, 3.63) is 33.8 Å². The van der Waals surface area contributed by atoms with Gasteiger partial charge in [-0.05, 0) is 36.3 Å². The number of methoxy groups -OCH3 is 1. The molecule has 0 atom stereocenters. The predicted octanol–water partition coefficient (Wildman–Crippen LogP) is 4.33. The van der Waals surface area contributed by atoms with Gasteiger partial charge in [0.25, 0.3) is 0 Å². The number of hydrogen-bond donors (Lipinski definition) is 1. The van der Waals surface area contributed by atoms with Crippen molar-refractivity contribution in [2.45, 2.75) is 32.1 Å². The fourth-order valence-electron chi connectivity index (χ4n) is 3.16. The molecule has 0 unspecified atom stereocenters. The van der Waals surface area contributed by atoms with Crippen LogP contribution in [0, 0.1) is 5.41 Å². The Bertz CT molecular complexity index is 430. The Balaban J connectivity index is 2.03. The molecule has 0 radical (unpaired) electrons. The van der Waals surface area contributed by atoms with Crippen molar-refractivity contribution >= 4 is 23.2 Å². The molecule has 0 bridgehead atoms. The van der Waals surface area contributed by atoms with Crippen LogP contribution in [-0.2, 0) is 11.2 Å². The topological polar surface area (TPSA) is 21.3 Å². The molecule has 0 amide bonds. The van der Waals surface area contributed by atoms with Crippen LogP contribution in [0.2, 0.25) is 10.0 Å². The van der Waals surface area contributed by atoms with Gasteiger partial charge in [-0.2, -0.15) is 0 Å². The van der Waals surface area contributed by atoms with E-state index in [1.807, 2.05) is 12.1 Å². The number of halogens is 2. The minimum atomic E-state index is 0.321. The summed E-state index contributed by atoms with van der Waals surface area (Å²) in [5, 5.41) is 4.90. The quantitative estimate of drug-likeness (QED) is 0.756. The molecule has 2 nitrogen and oxygen atoms in total. The molecule has 0 heterocycles. The summed E-state index contributed by atoms with van der Waals surface area (Å²) >= 11 is 12.5. The maximum Gasteiger partial charge on any atom is 0.0624 e. The Morgan fingerprint density at radius 3 is 2.70 bits per heavy atom. The van der Waals surface area contributed by atoms with Crippen LogP contribution in [0.3, 0.4) is 0 Å². The Kier molecular flexibility index (Phi) is 6.16. The summed E-state index contributed by atoms with van der Waals surface area (Å²) in [4.78, 5) is 0. The Morgan fingerprint density at radius 2 is 2.00 bits per heavy atom. The minimum absolute atomic E-state index is 0.321. The van der Waals surface area contributed by atoms with Crippen molar-refractivity contribution in [1.82, 2.24) is 5.32 Å². The molecule has 4 heteroatoms. The first-order valence-corrected chi connectivity index (χ1v) is 8.05. The van der Waals surface area contributed by atoms with E-state index in [-0.39, 0.29) is 0 Å². The molecular weight excluding hydrogens is 293 g/mol. The molecule has 1 aliphatic rings. The summed E-state index contributed by atoms with van der Waals surface area (Å²) in [6, 6.07) is 5.94. The summed E-state index contributed by atoms with van der Waals surface area (Å²) in [5.41, 5.74) is 1.50. The van der Waals surface area contributed by atoms with Gasteiger partial charge in [0.1, 0.15) is 0 Å². The zero-order chi connectivity index (χ0) is 14.4. The summed E-state index contributed by atoms with van der Waals surface area (Å²) in [6.07, 6.45) is 6.15. The molecule has 1 N–H and O–H groups in total. The lowest BCUT2D eigenvalue weighted by Crippen LogP contribution is -2.35. The van der Waals surface area contributed by atoms with Crippen LogP contribution in [-0.4, -0.2) is 26.8 Å². The van der Waals surface area contributed by atoms with E-state index < -0.39 is 0 Å². The summed E-state index contributed by atoms with van der Waals surface area (Å²) < 4.78 is 5.09. The van der Waals surface area contributed by atoms with E-state index in [2.05, 4.69) is 11.4 Å². The van der Waals surface area contributed by atoms with E-state index in [0.29, 0.717) is 10.4 Å². The third-order valence-electron chi connectivity index (χ3n) is 4.24. The van der Waals surface area contributed by atoms with E-state index in [1.165, 1.54) is 31.2 Å². The second-order valence-electron chi connectivity index (χ2n) is 5.77. The normalized spacial score (nSPS) is 17.6. The van der Waals surface area contributed by atoms with E-state index in [0.717, 1.165) is 31.1 Å². The van der Waals surface area contributed by atoms with Gasteiger partial charge in [-0.15, -0.1) is 0 Å². The van der Waals surface area contributed by atoms with Crippen LogP contribution < -0.4 is 5.32 Å². The highest BCUT2D eigenvalue weighted by molar-refractivity contribution is 6.42. The van der Waals surface area contributed by atoms with Crippen molar-refractivity contribution in [2.24, 2.45) is 5.41 Å². The Labute approximate surface area is 131 Å². The lowest BCUT2D eigenvalue weighted by atomic mass is 9.80. The number of benzene rings is 1. The van der Waals surface area contributed by atoms with E-state index in [4.69, 9.17) is 27.9 Å². The highest BCUT2D eigenvalue weighted by atomic mass is 35.5. The molecule has 1 aliphatic carbocycles. The number of rotatable bonds is 7. The molecular formula is C16H23Cl2NO. The van der Waals surface area contributed by atoms with E-state index in [1.54, 1.807) is 7.11 Å². The first kappa shape index (κ1) is 16.1. The molecule has 2 rings (SSSR count). The largest absolute Gasteiger partial charge is 0.383 e. The zero-order valence-corrected chi connectivity index (χ0v) is 13.6. The van der Waals surface area contributed by atoms with Crippen molar-refractivity contribution in [2.75, 3.05) is 26.8 Å². The lowest BCUT2D eigenvalue weighted by Gasteiger charge is -2.30. The zero-order valence-electron chi connectivity index (χ0n) is 12.1. The molecule has 0 aromatic heterocycles. The minimum Gasteiger partial charge on any atom is -0.383 e. The van der Waals surface area contributed by atoms with Crippen LogP contribution >= 0.6 is 23.2 Å². The molecule has 1 aromatic carbocycles. The molecule has 20 heavy (non-hydrogen) atoms. The highest BCUT2D eigenvalue weighted by Crippen LogP contribution is 2.42. The third kappa shape index (κ3) is 4.11. The number of ether oxygens (including phenoxy) is 1. The molecule has 112 valence electrons. The summed E-state index contributed by atoms with van der Waals surface area (Å²) in [6.45, 7) is 2.69. The van der Waals surface area contributed by atoms with Gasteiger partial charge in [-0.25, -0.2) is 0 Å². The third-order valence-corrected chi connectivity index (χ3v) is 5.10. The van der Waals surface area contributed by atoms with Gasteiger partial charge in [0.05, 0.1) is 16.7 Å². The monoisotopic (exact) mass is 315 g/mol. The van der Waals surface area contributed by atoms with Crippen molar-refractivity contribution < 1.29 is 4.74 Å². The van der Waals surface area contributed by atoms with Crippen LogP contribution in [0.1, 0.15) is 31.2 Å². The average molecular weight is 316 g/mol. The summed E-state index contributed by atoms with van der Waals surface area (Å²) in [7, 11) is 1.73. The van der Waals surface area contributed by atoms with Gasteiger partial charge in [-0.3, -0.25) is 0 Å². The van der Waals surface area contributed by atoms with E-state index >= 15 is 0 Å². The SMILES string of the molecule is COCCNCC1(Cc2cccc(Cl)c2Cl)CCCC1. The first-order chi connectivity index (χ1) is 9.67. The van der Waals surface area contributed by atoms with Gasteiger partial charge >= 0.3 is 0 Å². The standard InChI is InChI=1S/C16H23Cl2NO/c1-20-10-9-19-12-16(7-2-3-8-16)11-13-5-4-6-14(17)15(13)18/h4-6,19H,2-3,7-12H2,1H3. The Morgan fingerprint density at radius 1 is 1.25 bits per heavy atom. The maximum atomic E-state index is 6.35. The average Bonchev–Trinajstić information content (AvgIpc) is 2.89. The molecule has 1 aromatic rings. The van der Waals surface area contributed by atoms with Gasteiger partial charge < -0.3 is 10.1 Å². The lowest BCUT2D eigenvalue weighted by molar-refractivity contribution is 0.190. The van der Waals surface area contributed by atoms with Gasteiger partial charge in [0, 0.05) is 20.2 Å². The van der Waals surface area contributed by atoms with Crippen LogP contribution in [0.5, 0.6) is 0 Å². The predicted molar refractivity (Wildman–Crippen MR) is 85.8 cm³/mol. The van der Waals surface area contributed by atoms with Crippen molar-refractivity contribution in [1.29, 1.82) is 0 Å². The summed E-state index contributed by atoms with van der Waals surface area (Å²) in [5.74, 6) is 0. The second-order valence-corrected chi connectivity index (χ2v) is 6.55. The van der Waals surface area contributed by atoms with Gasteiger partial charge in [-0.1, -0.05) is 48.2 Å². The smallest absolute Gasteiger partial charge is 0.0624 e. The highest BCUT2D eigenvalue weighted by Gasteiger charge is 2.34. The van der Waals surface area contributed by atoms with Crippen molar-refractivity contribution in [3.8, 4) is 0 Å². The fourth-order valence-corrected chi connectivity index (χ4v) is 3.54. The Hall–Kier alpha value is -0.280. The van der Waals surface area contributed by atoms with Crippen molar-refractivity contribution in [3.63, 3.8) is 0 Å². The maximum absolute atomic E-state index is 6.35. The second kappa shape index (κ2) is 7.65.